The summed E-state index contributed by atoms with van der Waals surface area (Å²) in [5.74, 6) is 2.47. The van der Waals surface area contributed by atoms with Crippen LogP contribution in [0.25, 0.3) is 0 Å². The number of ether oxygens (including phenoxy) is 1. The van der Waals surface area contributed by atoms with Gasteiger partial charge in [-0.25, -0.2) is 0 Å². The van der Waals surface area contributed by atoms with Crippen LogP contribution in [0.1, 0.15) is 32.1 Å². The van der Waals surface area contributed by atoms with Gasteiger partial charge in [0.2, 0.25) is 0 Å². The molecule has 4 bridgehead atoms. The molecule has 0 heterocycles. The number of hydrogen-bond donors (Lipinski definition) is 1. The van der Waals surface area contributed by atoms with Crippen molar-refractivity contribution in [3.8, 4) is 0 Å². The average molecular weight is 181 g/mol. The van der Waals surface area contributed by atoms with Crippen LogP contribution >= 0.6 is 0 Å². The average Bonchev–Trinajstić information content (AvgIpc) is 2.13. The zero-order valence-corrected chi connectivity index (χ0v) is 8.33. The molecule has 0 saturated heterocycles. The molecule has 4 saturated carbocycles. The van der Waals surface area contributed by atoms with E-state index in [1.807, 2.05) is 7.11 Å². The maximum atomic E-state index is 6.23. The highest BCUT2D eigenvalue weighted by atomic mass is 16.5. The molecule has 4 aliphatic carbocycles. The fraction of sp³-hybridized carbons (Fsp3) is 1.00. The second-order valence-corrected chi connectivity index (χ2v) is 5.43. The smallest absolute Gasteiger partial charge is 0.0687 e. The van der Waals surface area contributed by atoms with Crippen molar-refractivity contribution >= 4 is 0 Å². The lowest BCUT2D eigenvalue weighted by Gasteiger charge is -2.58. The Labute approximate surface area is 79.8 Å². The fourth-order valence-electron chi connectivity index (χ4n) is 4.24. The van der Waals surface area contributed by atoms with Gasteiger partial charge in [0.05, 0.1) is 5.60 Å². The summed E-state index contributed by atoms with van der Waals surface area (Å²) in [6.45, 7) is 0. The van der Waals surface area contributed by atoms with Crippen molar-refractivity contribution in [2.24, 2.45) is 23.5 Å². The van der Waals surface area contributed by atoms with Gasteiger partial charge in [0.1, 0.15) is 0 Å². The van der Waals surface area contributed by atoms with Crippen LogP contribution in [-0.4, -0.2) is 18.8 Å². The standard InChI is InChI=1S/C11H19NO/c1-13-11-4-7-2-8(5-11)10(12)9(3-7)6-11/h7-10H,2-6,12H2,1H3. The van der Waals surface area contributed by atoms with E-state index in [4.69, 9.17) is 10.5 Å². The van der Waals surface area contributed by atoms with E-state index >= 15 is 0 Å². The topological polar surface area (TPSA) is 35.2 Å². The normalized spacial score (nSPS) is 58.6. The van der Waals surface area contributed by atoms with E-state index < -0.39 is 0 Å². The first-order chi connectivity index (χ1) is 6.22. The summed E-state index contributed by atoms with van der Waals surface area (Å²) in [6, 6.07) is 0.486. The van der Waals surface area contributed by atoms with Crippen LogP contribution in [0.5, 0.6) is 0 Å². The van der Waals surface area contributed by atoms with Crippen LogP contribution in [0.3, 0.4) is 0 Å². The highest BCUT2D eigenvalue weighted by molar-refractivity contribution is 5.07. The van der Waals surface area contributed by atoms with Crippen LogP contribution in [0.15, 0.2) is 0 Å². The van der Waals surface area contributed by atoms with Crippen LogP contribution in [0.4, 0.5) is 0 Å². The SMILES string of the molecule is COC12CC3CC(C1)C(N)C(C3)C2. The fourth-order valence-corrected chi connectivity index (χ4v) is 4.24. The monoisotopic (exact) mass is 181 g/mol. The summed E-state index contributed by atoms with van der Waals surface area (Å²) in [5, 5.41) is 0. The molecular formula is C11H19NO. The van der Waals surface area contributed by atoms with Crippen molar-refractivity contribution in [2.45, 2.75) is 43.7 Å². The third kappa shape index (κ3) is 1.02. The van der Waals surface area contributed by atoms with Gasteiger partial charge < -0.3 is 10.5 Å². The van der Waals surface area contributed by atoms with E-state index in [-0.39, 0.29) is 5.60 Å². The second-order valence-electron chi connectivity index (χ2n) is 5.43. The van der Waals surface area contributed by atoms with Crippen LogP contribution in [-0.2, 0) is 4.74 Å². The van der Waals surface area contributed by atoms with Gasteiger partial charge in [-0.1, -0.05) is 0 Å². The molecule has 0 spiro atoms. The Morgan fingerprint density at radius 1 is 1.15 bits per heavy atom. The van der Waals surface area contributed by atoms with E-state index in [0.29, 0.717) is 6.04 Å². The third-order valence-corrected chi connectivity index (χ3v) is 4.72. The zero-order chi connectivity index (χ0) is 9.05. The number of methoxy groups -OCH3 is 1. The maximum Gasteiger partial charge on any atom is 0.0687 e. The number of hydrogen-bond acceptors (Lipinski definition) is 2. The Morgan fingerprint density at radius 3 is 2.31 bits per heavy atom. The Morgan fingerprint density at radius 2 is 1.77 bits per heavy atom. The van der Waals surface area contributed by atoms with E-state index in [2.05, 4.69) is 0 Å². The molecule has 74 valence electrons. The summed E-state index contributed by atoms with van der Waals surface area (Å²) >= 11 is 0. The van der Waals surface area contributed by atoms with Gasteiger partial charge in [0.15, 0.2) is 0 Å². The highest BCUT2D eigenvalue weighted by Gasteiger charge is 2.54. The maximum absolute atomic E-state index is 6.23. The molecule has 2 heteroatoms. The predicted molar refractivity (Wildman–Crippen MR) is 51.3 cm³/mol. The molecule has 0 amide bonds. The van der Waals surface area contributed by atoms with Gasteiger partial charge in [-0.15, -0.1) is 0 Å². The minimum atomic E-state index is 0.242. The van der Waals surface area contributed by atoms with E-state index in [0.717, 1.165) is 17.8 Å². The van der Waals surface area contributed by atoms with Crippen LogP contribution < -0.4 is 5.73 Å². The molecule has 0 aromatic carbocycles. The molecule has 2 unspecified atom stereocenters. The minimum Gasteiger partial charge on any atom is -0.378 e. The first-order valence-corrected chi connectivity index (χ1v) is 5.53. The van der Waals surface area contributed by atoms with Crippen molar-refractivity contribution in [3.63, 3.8) is 0 Å². The minimum absolute atomic E-state index is 0.242. The van der Waals surface area contributed by atoms with E-state index in [9.17, 15) is 0 Å². The van der Waals surface area contributed by atoms with Crippen molar-refractivity contribution in [2.75, 3.05) is 7.11 Å². The lowest BCUT2D eigenvalue weighted by molar-refractivity contribution is -0.152. The quantitative estimate of drug-likeness (QED) is 0.666. The molecule has 0 radical (unpaired) electrons. The lowest BCUT2D eigenvalue weighted by Crippen LogP contribution is -2.60. The van der Waals surface area contributed by atoms with Gasteiger partial charge in [-0.2, -0.15) is 0 Å². The van der Waals surface area contributed by atoms with Crippen molar-refractivity contribution < 1.29 is 4.74 Å². The molecule has 4 fully saturated rings. The summed E-state index contributed by atoms with van der Waals surface area (Å²) in [5.41, 5.74) is 6.47. The molecule has 0 aliphatic heterocycles. The molecule has 0 aromatic heterocycles. The Balaban J connectivity index is 1.92. The van der Waals surface area contributed by atoms with E-state index in [1.165, 1.54) is 32.1 Å². The van der Waals surface area contributed by atoms with Gasteiger partial charge in [-0.05, 0) is 49.9 Å². The summed E-state index contributed by atoms with van der Waals surface area (Å²) in [7, 11) is 1.89. The molecule has 2 atom stereocenters. The van der Waals surface area contributed by atoms with Gasteiger partial charge in [0, 0.05) is 13.2 Å². The molecule has 13 heavy (non-hydrogen) atoms. The van der Waals surface area contributed by atoms with Crippen molar-refractivity contribution in [1.29, 1.82) is 0 Å². The van der Waals surface area contributed by atoms with Gasteiger partial charge >= 0.3 is 0 Å². The second kappa shape index (κ2) is 2.48. The Hall–Kier alpha value is -0.0800. The van der Waals surface area contributed by atoms with Crippen molar-refractivity contribution in [3.05, 3.63) is 0 Å². The molecule has 2 nitrogen and oxygen atoms in total. The number of rotatable bonds is 1. The third-order valence-electron chi connectivity index (χ3n) is 4.72. The van der Waals surface area contributed by atoms with Gasteiger partial charge in [0.25, 0.3) is 0 Å². The molecule has 0 aromatic rings. The summed E-state index contributed by atoms with van der Waals surface area (Å²) < 4.78 is 5.74. The van der Waals surface area contributed by atoms with Crippen LogP contribution in [0.2, 0.25) is 0 Å². The Bertz CT molecular complexity index is 212. The largest absolute Gasteiger partial charge is 0.378 e. The number of nitrogens with two attached hydrogens (primary N) is 1. The van der Waals surface area contributed by atoms with Crippen molar-refractivity contribution in [1.82, 2.24) is 0 Å². The summed E-state index contributed by atoms with van der Waals surface area (Å²) in [6.07, 6.45) is 6.53. The van der Waals surface area contributed by atoms with Gasteiger partial charge in [-0.3, -0.25) is 0 Å². The zero-order valence-electron chi connectivity index (χ0n) is 8.33. The predicted octanol–water partition coefficient (Wildman–Crippen LogP) is 1.54. The summed E-state index contributed by atoms with van der Waals surface area (Å²) in [4.78, 5) is 0. The first-order valence-electron chi connectivity index (χ1n) is 5.53. The molecular weight excluding hydrogens is 162 g/mol. The Kier molecular flexibility index (Phi) is 1.58. The van der Waals surface area contributed by atoms with Crippen LogP contribution in [0, 0.1) is 17.8 Å². The first kappa shape index (κ1) is 8.25. The molecule has 4 rings (SSSR count). The highest BCUT2D eigenvalue weighted by Crippen LogP contribution is 2.56. The lowest BCUT2D eigenvalue weighted by atomic mass is 9.52. The molecule has 4 aliphatic rings. The molecule has 2 N–H and O–H groups in total. The van der Waals surface area contributed by atoms with E-state index in [1.54, 1.807) is 0 Å².